The number of hydrogen-bond acceptors (Lipinski definition) is 5. The van der Waals surface area contributed by atoms with E-state index in [-0.39, 0.29) is 24.8 Å². The van der Waals surface area contributed by atoms with E-state index < -0.39 is 6.29 Å². The maximum absolute atomic E-state index is 11.8. The maximum atomic E-state index is 11.8. The van der Waals surface area contributed by atoms with Crippen molar-refractivity contribution in [2.24, 2.45) is 0 Å². The quantitative estimate of drug-likeness (QED) is 0.323. The van der Waals surface area contributed by atoms with E-state index in [4.69, 9.17) is 9.47 Å². The Labute approximate surface area is 237 Å². The van der Waals surface area contributed by atoms with Gasteiger partial charge < -0.3 is 30.1 Å². The van der Waals surface area contributed by atoms with Crippen LogP contribution in [0.15, 0.2) is 72.8 Å². The molecular weight excluding hydrogens is 502 g/mol. The number of rotatable bonds is 9. The van der Waals surface area contributed by atoms with Gasteiger partial charge in [0, 0.05) is 31.6 Å². The zero-order chi connectivity index (χ0) is 27.7. The molecule has 3 N–H and O–H groups in total. The minimum absolute atomic E-state index is 0.0368. The molecule has 212 valence electrons. The molecule has 0 radical (unpaired) electrons. The third kappa shape index (κ3) is 7.49. The van der Waals surface area contributed by atoms with E-state index in [0.717, 1.165) is 59.4 Å². The van der Waals surface area contributed by atoms with E-state index in [0.29, 0.717) is 13.1 Å². The van der Waals surface area contributed by atoms with Crippen molar-refractivity contribution in [2.75, 3.05) is 26.2 Å². The fourth-order valence-corrected chi connectivity index (χ4v) is 5.56. The number of nitrogens with zero attached hydrogens (tertiary/aromatic N) is 1. The van der Waals surface area contributed by atoms with Crippen LogP contribution in [0, 0.1) is 0 Å². The average molecular weight is 544 g/mol. The number of aliphatic hydroxyl groups excluding tert-OH is 1. The van der Waals surface area contributed by atoms with Crippen molar-refractivity contribution in [3.05, 3.63) is 95.1 Å². The summed E-state index contributed by atoms with van der Waals surface area (Å²) in [6, 6.07) is 24.5. The SMILES string of the molecule is CCNC(=O)NCc1cccc(-c2ccc([C@@H]3O[C@H](CN4CCCCC4)C[C@H](c4ccc(CO)cc4)O3)cc2)c1. The highest BCUT2D eigenvalue weighted by Gasteiger charge is 2.33. The molecule has 3 aromatic carbocycles. The topological polar surface area (TPSA) is 83.1 Å². The van der Waals surface area contributed by atoms with Gasteiger partial charge in [0.05, 0.1) is 18.8 Å². The van der Waals surface area contributed by atoms with E-state index in [1.54, 1.807) is 0 Å². The van der Waals surface area contributed by atoms with Gasteiger partial charge in [-0.15, -0.1) is 0 Å². The fourth-order valence-electron chi connectivity index (χ4n) is 5.56. The van der Waals surface area contributed by atoms with Crippen molar-refractivity contribution in [3.8, 4) is 11.1 Å². The molecule has 40 heavy (non-hydrogen) atoms. The number of nitrogens with one attached hydrogen (secondary N) is 2. The molecule has 0 spiro atoms. The first-order chi connectivity index (χ1) is 19.6. The average Bonchev–Trinajstić information content (AvgIpc) is 3.01. The van der Waals surface area contributed by atoms with Crippen LogP contribution >= 0.6 is 0 Å². The van der Waals surface area contributed by atoms with Crippen molar-refractivity contribution in [1.29, 1.82) is 0 Å². The van der Waals surface area contributed by atoms with E-state index in [1.165, 1.54) is 19.3 Å². The Kier molecular flexibility index (Phi) is 9.84. The fraction of sp³-hybridized carbons (Fsp3) is 0.424. The summed E-state index contributed by atoms with van der Waals surface area (Å²) in [6.07, 6.45) is 4.18. The minimum atomic E-state index is -0.451. The first-order valence-electron chi connectivity index (χ1n) is 14.5. The van der Waals surface area contributed by atoms with Crippen LogP contribution in [0.1, 0.15) is 67.3 Å². The monoisotopic (exact) mass is 543 g/mol. The second kappa shape index (κ2) is 13.9. The van der Waals surface area contributed by atoms with Crippen LogP contribution in [-0.4, -0.2) is 48.3 Å². The van der Waals surface area contributed by atoms with Crippen LogP contribution in [0.25, 0.3) is 11.1 Å². The molecule has 7 nitrogen and oxygen atoms in total. The molecule has 2 aliphatic heterocycles. The number of piperidine rings is 1. The summed E-state index contributed by atoms with van der Waals surface area (Å²) in [5, 5.41) is 15.1. The number of amides is 2. The first kappa shape index (κ1) is 28.3. The smallest absolute Gasteiger partial charge is 0.315 e. The van der Waals surface area contributed by atoms with Gasteiger partial charge >= 0.3 is 6.03 Å². The molecule has 2 heterocycles. The maximum Gasteiger partial charge on any atom is 0.315 e. The number of carbonyl (C=O) groups excluding carboxylic acids is 1. The molecule has 0 saturated carbocycles. The lowest BCUT2D eigenvalue weighted by Gasteiger charge is -2.39. The molecule has 2 amide bonds. The third-order valence-corrected chi connectivity index (χ3v) is 7.76. The van der Waals surface area contributed by atoms with Crippen molar-refractivity contribution in [2.45, 2.75) is 64.3 Å². The Morgan fingerprint density at radius 1 is 0.875 bits per heavy atom. The van der Waals surface area contributed by atoms with Crippen LogP contribution < -0.4 is 10.6 Å². The van der Waals surface area contributed by atoms with Crippen LogP contribution in [-0.2, 0) is 22.6 Å². The summed E-state index contributed by atoms with van der Waals surface area (Å²) in [5.74, 6) is 0. The van der Waals surface area contributed by atoms with E-state index in [9.17, 15) is 9.90 Å². The molecule has 7 heteroatoms. The molecule has 5 rings (SSSR count). The number of aliphatic hydroxyl groups is 1. The van der Waals surface area contributed by atoms with Gasteiger partial charge in [-0.25, -0.2) is 4.79 Å². The van der Waals surface area contributed by atoms with Crippen LogP contribution in [0.4, 0.5) is 4.79 Å². The van der Waals surface area contributed by atoms with Gasteiger partial charge in [0.25, 0.3) is 0 Å². The Bertz CT molecular complexity index is 1230. The number of hydrogen-bond donors (Lipinski definition) is 3. The molecule has 2 aliphatic rings. The van der Waals surface area contributed by atoms with Crippen molar-refractivity contribution in [3.63, 3.8) is 0 Å². The lowest BCUT2D eigenvalue weighted by atomic mass is 9.98. The largest absolute Gasteiger partial charge is 0.392 e. The summed E-state index contributed by atoms with van der Waals surface area (Å²) in [6.45, 7) is 6.19. The summed E-state index contributed by atoms with van der Waals surface area (Å²) in [5.41, 5.74) is 6.25. The van der Waals surface area contributed by atoms with Crippen molar-refractivity contribution in [1.82, 2.24) is 15.5 Å². The summed E-state index contributed by atoms with van der Waals surface area (Å²) in [7, 11) is 0. The van der Waals surface area contributed by atoms with Crippen LogP contribution in [0.3, 0.4) is 0 Å². The van der Waals surface area contributed by atoms with Gasteiger partial charge in [-0.1, -0.05) is 73.2 Å². The van der Waals surface area contributed by atoms with Gasteiger partial charge in [-0.2, -0.15) is 0 Å². The van der Waals surface area contributed by atoms with Crippen LogP contribution in [0.2, 0.25) is 0 Å². The van der Waals surface area contributed by atoms with Gasteiger partial charge in [-0.3, -0.25) is 0 Å². The third-order valence-electron chi connectivity index (χ3n) is 7.76. The molecule has 0 bridgehead atoms. The predicted octanol–water partition coefficient (Wildman–Crippen LogP) is 5.70. The summed E-state index contributed by atoms with van der Waals surface area (Å²) < 4.78 is 13.1. The van der Waals surface area contributed by atoms with Crippen molar-refractivity contribution >= 4 is 6.03 Å². The molecule has 0 aromatic heterocycles. The highest BCUT2D eigenvalue weighted by atomic mass is 16.7. The number of urea groups is 1. The molecular formula is C33H41N3O4. The lowest BCUT2D eigenvalue weighted by molar-refractivity contribution is -0.253. The minimum Gasteiger partial charge on any atom is -0.392 e. The standard InChI is InChI=1S/C33H41N3O4/c1-2-34-33(38)35-21-25-7-6-8-29(19-25)26-13-15-28(16-14-26)32-39-30(22-36-17-4-3-5-18-36)20-31(40-32)27-11-9-24(23-37)10-12-27/h6-16,19,30-32,37H,2-5,17-18,20-23H2,1H3,(H2,34,35,38)/t30-,31+,32+/m0/s1. The predicted molar refractivity (Wildman–Crippen MR) is 157 cm³/mol. The molecule has 3 aromatic rings. The molecule has 3 atom stereocenters. The van der Waals surface area contributed by atoms with Gasteiger partial charge in [0.15, 0.2) is 6.29 Å². The summed E-state index contributed by atoms with van der Waals surface area (Å²) >= 11 is 0. The number of likely N-dealkylation sites (tertiary alicyclic amines) is 1. The van der Waals surface area contributed by atoms with E-state index in [1.807, 2.05) is 31.2 Å². The van der Waals surface area contributed by atoms with Gasteiger partial charge in [0.1, 0.15) is 0 Å². The highest BCUT2D eigenvalue weighted by molar-refractivity contribution is 5.73. The summed E-state index contributed by atoms with van der Waals surface area (Å²) in [4.78, 5) is 14.3. The lowest BCUT2D eigenvalue weighted by Crippen LogP contribution is -2.41. The molecule has 0 aliphatic carbocycles. The zero-order valence-corrected chi connectivity index (χ0v) is 23.4. The number of benzene rings is 3. The Balaban J connectivity index is 1.30. The second-order valence-corrected chi connectivity index (χ2v) is 10.7. The van der Waals surface area contributed by atoms with E-state index >= 15 is 0 Å². The first-order valence-corrected chi connectivity index (χ1v) is 14.5. The molecule has 2 saturated heterocycles. The van der Waals surface area contributed by atoms with Crippen molar-refractivity contribution < 1.29 is 19.4 Å². The second-order valence-electron chi connectivity index (χ2n) is 10.7. The van der Waals surface area contributed by atoms with Gasteiger partial charge in [0.2, 0.25) is 0 Å². The number of ether oxygens (including phenoxy) is 2. The normalized spacial score (nSPS) is 21.6. The number of carbonyl (C=O) groups is 1. The highest BCUT2D eigenvalue weighted by Crippen LogP contribution is 2.39. The Hall–Kier alpha value is -3.23. The zero-order valence-electron chi connectivity index (χ0n) is 23.4. The van der Waals surface area contributed by atoms with E-state index in [2.05, 4.69) is 64.1 Å². The Morgan fingerprint density at radius 2 is 1.62 bits per heavy atom. The van der Waals surface area contributed by atoms with Gasteiger partial charge in [-0.05, 0) is 66.7 Å². The molecule has 2 fully saturated rings. The Morgan fingerprint density at radius 3 is 2.35 bits per heavy atom. The van der Waals surface area contributed by atoms with Crippen LogP contribution in [0.5, 0.6) is 0 Å². The molecule has 0 unspecified atom stereocenters.